The summed E-state index contributed by atoms with van der Waals surface area (Å²) < 4.78 is 97.2. The number of ether oxygens (including phenoxy) is 3. The Morgan fingerprint density at radius 2 is 1.53 bits per heavy atom. The van der Waals surface area contributed by atoms with E-state index in [0.717, 1.165) is 44.9 Å². The summed E-state index contributed by atoms with van der Waals surface area (Å²) in [5, 5.41) is 0. The highest BCUT2D eigenvalue weighted by atomic mass is 32.3. The van der Waals surface area contributed by atoms with E-state index in [1.54, 1.807) is 0 Å². The molecule has 5 aliphatic carbocycles. The Morgan fingerprint density at radius 3 is 2.13 bits per heavy atom. The van der Waals surface area contributed by atoms with Gasteiger partial charge in [-0.15, -0.1) is 0 Å². The highest BCUT2D eigenvalue weighted by Crippen LogP contribution is 2.73. The van der Waals surface area contributed by atoms with Crippen molar-refractivity contribution in [2.24, 2.45) is 57.7 Å². The predicted molar refractivity (Wildman–Crippen MR) is 171 cm³/mol. The van der Waals surface area contributed by atoms with Gasteiger partial charge in [0, 0.05) is 12.3 Å². The van der Waals surface area contributed by atoms with Crippen molar-refractivity contribution in [2.75, 3.05) is 0 Å². The molecule has 2 N–H and O–H groups in total. The number of hydrogen-bond acceptors (Lipinski definition) is 9. The van der Waals surface area contributed by atoms with Crippen molar-refractivity contribution in [3.63, 3.8) is 0 Å². The standard InChI is InChI=1S/C34H56O11S2/c1-8-12-34-41-26-15-24-22-10-9-21-14-25(43-46(35,36)37)27(44-47(38,39)40)17-31(21,6)23(22)11-13-30(24,5)29(26)32(7,45-34)28(42-34)18-33(19(2)3)16-20(33)4/h19-29H,8-18H2,1-7H3,(H,35,36,37)(H,38,39,40). The van der Waals surface area contributed by atoms with Crippen LogP contribution < -0.4 is 0 Å². The van der Waals surface area contributed by atoms with Crippen molar-refractivity contribution in [1.82, 2.24) is 0 Å². The third kappa shape index (κ3) is 5.50. The Bertz CT molecular complexity index is 1470. The first-order valence-electron chi connectivity index (χ1n) is 18.1. The van der Waals surface area contributed by atoms with Crippen molar-refractivity contribution in [3.05, 3.63) is 0 Å². The van der Waals surface area contributed by atoms with Gasteiger partial charge in [-0.2, -0.15) is 16.8 Å². The van der Waals surface area contributed by atoms with Gasteiger partial charge >= 0.3 is 20.8 Å². The van der Waals surface area contributed by atoms with Crippen LogP contribution in [0.2, 0.25) is 0 Å². The fraction of sp³-hybridized carbons (Fsp3) is 1.00. The fourth-order valence-corrected chi connectivity index (χ4v) is 14.1. The van der Waals surface area contributed by atoms with Gasteiger partial charge in [0.15, 0.2) is 0 Å². The van der Waals surface area contributed by atoms with E-state index in [0.29, 0.717) is 30.1 Å². The summed E-state index contributed by atoms with van der Waals surface area (Å²) in [4.78, 5) is 0. The molecule has 7 rings (SSSR count). The number of fused-ring (bicyclic) bond motifs is 10. The van der Waals surface area contributed by atoms with Crippen LogP contribution in [0.15, 0.2) is 0 Å². The highest BCUT2D eigenvalue weighted by molar-refractivity contribution is 7.81. The molecule has 270 valence electrons. The van der Waals surface area contributed by atoms with Crippen LogP contribution in [0.4, 0.5) is 0 Å². The summed E-state index contributed by atoms with van der Waals surface area (Å²) in [7, 11) is -9.75. The Balaban J connectivity index is 1.19. The van der Waals surface area contributed by atoms with Crippen molar-refractivity contribution >= 4 is 20.8 Å². The summed E-state index contributed by atoms with van der Waals surface area (Å²) in [6.45, 7) is 16.1. The van der Waals surface area contributed by atoms with Crippen molar-refractivity contribution < 1.29 is 48.5 Å². The minimum Gasteiger partial charge on any atom is -0.324 e. The second-order valence-corrected chi connectivity index (χ2v) is 19.8. The Morgan fingerprint density at radius 1 is 0.872 bits per heavy atom. The molecule has 15 atom stereocenters. The molecule has 47 heavy (non-hydrogen) atoms. The van der Waals surface area contributed by atoms with E-state index in [2.05, 4.69) is 48.5 Å². The van der Waals surface area contributed by atoms with Crippen LogP contribution in [-0.2, 0) is 43.4 Å². The van der Waals surface area contributed by atoms with Crippen LogP contribution in [0, 0.1) is 57.7 Å². The lowest BCUT2D eigenvalue weighted by Gasteiger charge is -2.62. The molecule has 2 bridgehead atoms. The summed E-state index contributed by atoms with van der Waals surface area (Å²) in [6, 6.07) is 0. The summed E-state index contributed by atoms with van der Waals surface area (Å²) in [5.41, 5.74) is -0.615. The maximum Gasteiger partial charge on any atom is 0.397 e. The number of hydrogen-bond donors (Lipinski definition) is 2. The zero-order valence-electron chi connectivity index (χ0n) is 29.0. The van der Waals surface area contributed by atoms with Gasteiger partial charge in [0.05, 0.1) is 12.2 Å². The van der Waals surface area contributed by atoms with Gasteiger partial charge in [-0.3, -0.25) is 9.11 Å². The van der Waals surface area contributed by atoms with Crippen LogP contribution in [0.25, 0.3) is 0 Å². The van der Waals surface area contributed by atoms with Gasteiger partial charge < -0.3 is 14.2 Å². The van der Waals surface area contributed by atoms with Gasteiger partial charge in [-0.1, -0.05) is 41.5 Å². The second kappa shape index (κ2) is 11.1. The first-order valence-corrected chi connectivity index (χ1v) is 20.8. The average molecular weight is 705 g/mol. The maximum absolute atomic E-state index is 11.9. The van der Waals surface area contributed by atoms with E-state index in [1.165, 1.54) is 6.42 Å². The molecule has 0 radical (unpaired) electrons. The summed E-state index contributed by atoms with van der Waals surface area (Å²) in [5.74, 6) is 1.44. The zero-order chi connectivity index (χ0) is 34.2. The predicted octanol–water partition coefficient (Wildman–Crippen LogP) is 6.34. The normalized spacial score (nSPS) is 53.7. The van der Waals surface area contributed by atoms with Gasteiger partial charge in [-0.25, -0.2) is 8.37 Å². The van der Waals surface area contributed by atoms with Crippen molar-refractivity contribution in [1.29, 1.82) is 0 Å². The average Bonchev–Trinajstić information content (AvgIpc) is 3.39. The summed E-state index contributed by atoms with van der Waals surface area (Å²) in [6.07, 6.45) is 6.38. The molecular formula is C34H56O11S2. The van der Waals surface area contributed by atoms with E-state index in [4.69, 9.17) is 22.6 Å². The van der Waals surface area contributed by atoms with Crippen LogP contribution in [0.1, 0.15) is 119 Å². The van der Waals surface area contributed by atoms with Crippen molar-refractivity contribution in [3.8, 4) is 0 Å². The molecule has 2 aliphatic heterocycles. The SMILES string of the molecule is CCCC12OC3CC4C5CCC6CC(OS(=O)(=O)O)C(OS(=O)(=O)O)CC6(C)C5CCC4(C)C3C(C)(O1)C(CC1(C(C)C)CC1C)O2. The Labute approximate surface area is 281 Å². The number of rotatable bonds is 9. The molecule has 15 unspecified atom stereocenters. The molecule has 7 fully saturated rings. The largest absolute Gasteiger partial charge is 0.397 e. The minimum absolute atomic E-state index is 0.0192. The van der Waals surface area contributed by atoms with Crippen LogP contribution in [0.3, 0.4) is 0 Å². The molecule has 0 aromatic carbocycles. The lowest BCUT2D eigenvalue weighted by Crippen LogP contribution is -2.61. The Kier molecular flexibility index (Phi) is 8.25. The first kappa shape index (κ1) is 35.0. The van der Waals surface area contributed by atoms with E-state index in [-0.39, 0.29) is 59.0 Å². The molecule has 0 aromatic rings. The van der Waals surface area contributed by atoms with Crippen LogP contribution in [0.5, 0.6) is 0 Å². The molecule has 5 saturated carbocycles. The first-order chi connectivity index (χ1) is 21.7. The lowest BCUT2D eigenvalue weighted by molar-refractivity contribution is -0.403. The smallest absolute Gasteiger partial charge is 0.324 e. The summed E-state index contributed by atoms with van der Waals surface area (Å²) >= 11 is 0. The van der Waals surface area contributed by atoms with Gasteiger partial charge in [0.1, 0.15) is 17.8 Å². The lowest BCUT2D eigenvalue weighted by atomic mass is 9.44. The molecule has 2 saturated heterocycles. The molecule has 0 amide bonds. The van der Waals surface area contributed by atoms with Crippen molar-refractivity contribution in [2.45, 2.75) is 155 Å². The van der Waals surface area contributed by atoms with Gasteiger partial charge in [0.2, 0.25) is 0 Å². The second-order valence-electron chi connectivity index (χ2n) is 17.7. The quantitative estimate of drug-likeness (QED) is 0.258. The molecule has 0 spiro atoms. The molecule has 0 aromatic heterocycles. The van der Waals surface area contributed by atoms with Crippen LogP contribution >= 0.6 is 0 Å². The monoisotopic (exact) mass is 704 g/mol. The van der Waals surface area contributed by atoms with Gasteiger partial charge in [0.25, 0.3) is 5.97 Å². The molecule has 13 heteroatoms. The minimum atomic E-state index is -4.89. The highest BCUT2D eigenvalue weighted by Gasteiger charge is 2.75. The third-order valence-corrected chi connectivity index (χ3v) is 16.2. The van der Waals surface area contributed by atoms with E-state index < -0.39 is 44.6 Å². The third-order valence-electron chi connectivity index (χ3n) is 15.2. The fourth-order valence-electron chi connectivity index (χ4n) is 13.1. The van der Waals surface area contributed by atoms with E-state index >= 15 is 0 Å². The molecule has 11 nitrogen and oxygen atoms in total. The molecule has 2 heterocycles. The zero-order valence-corrected chi connectivity index (χ0v) is 30.6. The molecular weight excluding hydrogens is 648 g/mol. The van der Waals surface area contributed by atoms with E-state index in [9.17, 15) is 25.9 Å². The Hall–Kier alpha value is -0.380. The topological polar surface area (TPSA) is 155 Å². The molecule has 7 aliphatic rings. The van der Waals surface area contributed by atoms with E-state index in [1.807, 2.05) is 0 Å². The van der Waals surface area contributed by atoms with Gasteiger partial charge in [-0.05, 0) is 123 Å². The maximum atomic E-state index is 11.9. The van der Waals surface area contributed by atoms with Crippen LogP contribution in [-0.4, -0.2) is 61.9 Å².